The van der Waals surface area contributed by atoms with Crippen LogP contribution in [0.1, 0.15) is 49.3 Å². The minimum absolute atomic E-state index is 0.130. The fourth-order valence-corrected chi connectivity index (χ4v) is 5.00. The van der Waals surface area contributed by atoms with Gasteiger partial charge in [-0.05, 0) is 54.8 Å². The monoisotopic (exact) mass is 431 g/mol. The van der Waals surface area contributed by atoms with Crippen LogP contribution in [-0.2, 0) is 4.79 Å². The van der Waals surface area contributed by atoms with E-state index in [-0.39, 0.29) is 18.0 Å². The van der Waals surface area contributed by atoms with Crippen LogP contribution in [0, 0.1) is 0 Å². The van der Waals surface area contributed by atoms with Crippen LogP contribution in [0.5, 0.6) is 0 Å². The molecule has 1 fully saturated rings. The Bertz CT molecular complexity index is 888. The van der Waals surface area contributed by atoms with Crippen LogP contribution in [-0.4, -0.2) is 37.1 Å². The molecule has 2 aliphatic rings. The molecule has 2 aromatic carbocycles. The van der Waals surface area contributed by atoms with E-state index in [4.69, 9.17) is 23.2 Å². The van der Waals surface area contributed by atoms with E-state index in [2.05, 4.69) is 16.3 Å². The van der Waals surface area contributed by atoms with Crippen molar-refractivity contribution < 1.29 is 4.79 Å². The average molecular weight is 432 g/mol. The first-order chi connectivity index (χ1) is 14.1. The Morgan fingerprint density at radius 1 is 1.00 bits per heavy atom. The largest absolute Gasteiger partial charge is 0.314 e. The molecule has 0 spiro atoms. The summed E-state index contributed by atoms with van der Waals surface area (Å²) in [5.74, 6) is 0.130. The number of amides is 1. The summed E-state index contributed by atoms with van der Waals surface area (Å²) in [5.41, 5.74) is 2.92. The van der Waals surface area contributed by atoms with Gasteiger partial charge >= 0.3 is 0 Å². The molecular weight excluding hydrogens is 405 g/mol. The fraction of sp³-hybridized carbons (Fsp3) is 0.435. The molecule has 2 heterocycles. The molecule has 154 valence electrons. The first-order valence-corrected chi connectivity index (χ1v) is 11.1. The van der Waals surface area contributed by atoms with Crippen molar-refractivity contribution >= 4 is 34.8 Å². The molecule has 29 heavy (non-hydrogen) atoms. The highest BCUT2D eigenvalue weighted by Gasteiger charge is 2.40. The van der Waals surface area contributed by atoms with Gasteiger partial charge in [0.15, 0.2) is 0 Å². The normalized spacial score (nSPS) is 23.8. The number of benzene rings is 2. The number of hydrogen-bond donors (Lipinski definition) is 1. The van der Waals surface area contributed by atoms with Crippen LogP contribution >= 0.6 is 23.2 Å². The number of fused-ring (bicyclic) bond motifs is 2. The SMILES string of the molecule is CN1C(=O)C2CCCCCCNCN2C(c2ccccc2Cl)c2cc(Cl)ccc21. The minimum Gasteiger partial charge on any atom is -0.314 e. The van der Waals surface area contributed by atoms with Crippen molar-refractivity contribution in [2.24, 2.45) is 0 Å². The number of likely N-dealkylation sites (N-methyl/N-ethyl adjacent to an activating group) is 1. The summed E-state index contributed by atoms with van der Waals surface area (Å²) in [5, 5.41) is 4.93. The maximum absolute atomic E-state index is 13.5. The Balaban J connectivity index is 1.91. The molecule has 4 rings (SSSR count). The molecule has 0 saturated carbocycles. The molecule has 1 saturated heterocycles. The van der Waals surface area contributed by atoms with Crippen LogP contribution in [0.25, 0.3) is 0 Å². The van der Waals surface area contributed by atoms with Crippen molar-refractivity contribution in [2.75, 3.05) is 25.2 Å². The number of carbonyl (C=O) groups excluding carboxylic acids is 1. The minimum atomic E-state index is -0.210. The standard InChI is InChI=1S/C23H27Cl2N3O/c1-27-20-12-11-16(24)14-18(20)22(17-8-5-6-9-19(17)25)28-15-26-13-7-3-2-4-10-21(28)23(27)29/h5-6,8-9,11-12,14,21-22,26H,2-4,7,10,13,15H2,1H3. The summed E-state index contributed by atoms with van der Waals surface area (Å²) >= 11 is 13.1. The number of anilines is 1. The highest BCUT2D eigenvalue weighted by Crippen LogP contribution is 2.43. The summed E-state index contributed by atoms with van der Waals surface area (Å²) in [4.78, 5) is 17.6. The first kappa shape index (κ1) is 20.7. The Morgan fingerprint density at radius 2 is 1.79 bits per heavy atom. The lowest BCUT2D eigenvalue weighted by molar-refractivity contribution is -0.124. The summed E-state index contributed by atoms with van der Waals surface area (Å²) < 4.78 is 0. The molecule has 0 radical (unpaired) electrons. The Kier molecular flexibility index (Phi) is 6.45. The Hall–Kier alpha value is -1.59. The second-order valence-electron chi connectivity index (χ2n) is 7.92. The third-order valence-corrected chi connectivity index (χ3v) is 6.65. The van der Waals surface area contributed by atoms with Crippen molar-refractivity contribution in [2.45, 2.75) is 44.2 Å². The lowest BCUT2D eigenvalue weighted by atomic mass is 9.94. The quantitative estimate of drug-likeness (QED) is 0.670. The van der Waals surface area contributed by atoms with Gasteiger partial charge in [-0.2, -0.15) is 0 Å². The predicted octanol–water partition coefficient (Wildman–Crippen LogP) is 5.24. The fourth-order valence-electron chi connectivity index (χ4n) is 4.58. The van der Waals surface area contributed by atoms with E-state index in [0.29, 0.717) is 16.7 Å². The highest BCUT2D eigenvalue weighted by atomic mass is 35.5. The van der Waals surface area contributed by atoms with Gasteiger partial charge < -0.3 is 10.2 Å². The molecule has 1 amide bonds. The van der Waals surface area contributed by atoms with Crippen LogP contribution < -0.4 is 10.2 Å². The maximum Gasteiger partial charge on any atom is 0.244 e. The van der Waals surface area contributed by atoms with Crippen LogP contribution in [0.4, 0.5) is 5.69 Å². The van der Waals surface area contributed by atoms with Gasteiger partial charge in [0.1, 0.15) is 0 Å². The third-order valence-electron chi connectivity index (χ3n) is 6.07. The van der Waals surface area contributed by atoms with Gasteiger partial charge in [0.05, 0.1) is 12.1 Å². The zero-order valence-corrected chi connectivity index (χ0v) is 18.2. The maximum atomic E-state index is 13.5. The van der Waals surface area contributed by atoms with Gasteiger partial charge in [0, 0.05) is 29.4 Å². The molecule has 2 unspecified atom stereocenters. The second-order valence-corrected chi connectivity index (χ2v) is 8.76. The van der Waals surface area contributed by atoms with Gasteiger partial charge in [-0.25, -0.2) is 0 Å². The van der Waals surface area contributed by atoms with Gasteiger partial charge in [-0.15, -0.1) is 0 Å². The molecule has 4 nitrogen and oxygen atoms in total. The number of nitrogens with zero attached hydrogens (tertiary/aromatic N) is 2. The number of hydrogen-bond acceptors (Lipinski definition) is 3. The summed E-state index contributed by atoms with van der Waals surface area (Å²) in [7, 11) is 1.87. The summed E-state index contributed by atoms with van der Waals surface area (Å²) in [6.07, 6.45) is 5.40. The van der Waals surface area contributed by atoms with Crippen molar-refractivity contribution in [3.05, 3.63) is 63.6 Å². The molecule has 2 atom stereocenters. The van der Waals surface area contributed by atoms with E-state index in [1.807, 2.05) is 43.4 Å². The van der Waals surface area contributed by atoms with Crippen LogP contribution in [0.3, 0.4) is 0 Å². The summed E-state index contributed by atoms with van der Waals surface area (Å²) in [6, 6.07) is 13.3. The molecule has 6 heteroatoms. The Labute approximate surface area is 182 Å². The molecule has 0 aliphatic carbocycles. The number of carbonyl (C=O) groups is 1. The average Bonchev–Trinajstić information content (AvgIpc) is 2.80. The zero-order valence-electron chi connectivity index (χ0n) is 16.7. The van der Waals surface area contributed by atoms with E-state index >= 15 is 0 Å². The topological polar surface area (TPSA) is 35.6 Å². The molecule has 2 aromatic rings. The van der Waals surface area contributed by atoms with Gasteiger partial charge in [-0.1, -0.05) is 60.7 Å². The van der Waals surface area contributed by atoms with Gasteiger partial charge in [0.25, 0.3) is 0 Å². The van der Waals surface area contributed by atoms with E-state index < -0.39 is 0 Å². The van der Waals surface area contributed by atoms with E-state index in [1.165, 1.54) is 6.42 Å². The molecule has 1 N–H and O–H groups in total. The molecule has 0 aromatic heterocycles. The van der Waals surface area contributed by atoms with Crippen molar-refractivity contribution in [3.8, 4) is 0 Å². The van der Waals surface area contributed by atoms with E-state index in [0.717, 1.165) is 49.0 Å². The first-order valence-electron chi connectivity index (χ1n) is 10.4. The lowest BCUT2D eigenvalue weighted by Gasteiger charge is -2.37. The van der Waals surface area contributed by atoms with Crippen molar-refractivity contribution in [1.82, 2.24) is 10.2 Å². The van der Waals surface area contributed by atoms with Gasteiger partial charge in [0.2, 0.25) is 5.91 Å². The van der Waals surface area contributed by atoms with E-state index in [9.17, 15) is 4.79 Å². The predicted molar refractivity (Wildman–Crippen MR) is 120 cm³/mol. The highest BCUT2D eigenvalue weighted by molar-refractivity contribution is 6.31. The third kappa shape index (κ3) is 4.17. The summed E-state index contributed by atoms with van der Waals surface area (Å²) in [6.45, 7) is 1.58. The lowest BCUT2D eigenvalue weighted by Crippen LogP contribution is -2.50. The van der Waals surface area contributed by atoms with Crippen LogP contribution in [0.15, 0.2) is 42.5 Å². The van der Waals surface area contributed by atoms with Crippen molar-refractivity contribution in [1.29, 1.82) is 0 Å². The van der Waals surface area contributed by atoms with Crippen LogP contribution in [0.2, 0.25) is 10.0 Å². The number of halogens is 2. The second kappa shape index (κ2) is 9.05. The molecule has 2 aliphatic heterocycles. The number of nitrogens with one attached hydrogen (secondary N) is 1. The van der Waals surface area contributed by atoms with Crippen molar-refractivity contribution in [3.63, 3.8) is 0 Å². The number of rotatable bonds is 1. The molecule has 0 bridgehead atoms. The molecular formula is C23H27Cl2N3O. The van der Waals surface area contributed by atoms with Gasteiger partial charge in [-0.3, -0.25) is 9.69 Å². The zero-order chi connectivity index (χ0) is 20.4. The Morgan fingerprint density at radius 3 is 2.62 bits per heavy atom. The smallest absolute Gasteiger partial charge is 0.244 e. The van der Waals surface area contributed by atoms with E-state index in [1.54, 1.807) is 4.90 Å².